The van der Waals surface area contributed by atoms with Crippen LogP contribution in [0.5, 0.6) is 0 Å². The lowest BCUT2D eigenvalue weighted by molar-refractivity contribution is 0.194. The highest BCUT2D eigenvalue weighted by Gasteiger charge is 2.10. The maximum atomic E-state index is 9.40. The van der Waals surface area contributed by atoms with Crippen LogP contribution in [0.4, 0.5) is 0 Å². The fraction of sp³-hybridized carbons (Fsp3) is 0.222. The molecule has 0 aliphatic heterocycles. The molecule has 0 aliphatic rings. The van der Waals surface area contributed by atoms with Gasteiger partial charge in [0, 0.05) is 0 Å². The molecule has 1 aromatic heterocycles. The highest BCUT2D eigenvalue weighted by atomic mass is 35.5. The highest BCUT2D eigenvalue weighted by Crippen LogP contribution is 2.16. The van der Waals surface area contributed by atoms with Gasteiger partial charge in [-0.1, -0.05) is 12.1 Å². The van der Waals surface area contributed by atoms with Crippen molar-refractivity contribution < 1.29 is 5.11 Å². The summed E-state index contributed by atoms with van der Waals surface area (Å²) in [4.78, 5) is 7.19. The zero-order valence-electron chi connectivity index (χ0n) is 6.87. The van der Waals surface area contributed by atoms with Crippen molar-refractivity contribution in [1.29, 1.82) is 0 Å². The molecular formula is C9H9ClN2O. The number of para-hydroxylation sites is 2. The van der Waals surface area contributed by atoms with E-state index in [0.29, 0.717) is 5.82 Å². The van der Waals surface area contributed by atoms with E-state index in [0.717, 1.165) is 11.0 Å². The average molecular weight is 197 g/mol. The first-order chi connectivity index (χ1) is 6.31. The lowest BCUT2D eigenvalue weighted by Gasteiger charge is -1.99. The zero-order chi connectivity index (χ0) is 9.26. The van der Waals surface area contributed by atoms with Gasteiger partial charge in [0.2, 0.25) is 0 Å². The molecular weight excluding hydrogens is 188 g/mol. The standard InChI is InChI=1S/C9H9ClN2O/c10-5-8(13)9-11-6-3-1-2-4-7(6)12-9/h1-4,8,13H,5H2,(H,11,12)/t8-/m0/s1. The van der Waals surface area contributed by atoms with Crippen LogP contribution in [-0.4, -0.2) is 21.0 Å². The number of aliphatic hydroxyl groups is 1. The van der Waals surface area contributed by atoms with Crippen molar-refractivity contribution in [1.82, 2.24) is 9.97 Å². The molecule has 68 valence electrons. The Kier molecular flexibility index (Phi) is 2.20. The van der Waals surface area contributed by atoms with Gasteiger partial charge in [0.1, 0.15) is 11.9 Å². The number of fused-ring (bicyclic) bond motifs is 1. The Morgan fingerprint density at radius 1 is 1.46 bits per heavy atom. The third-order valence-electron chi connectivity index (χ3n) is 1.87. The molecule has 0 radical (unpaired) electrons. The molecule has 13 heavy (non-hydrogen) atoms. The van der Waals surface area contributed by atoms with E-state index in [1.807, 2.05) is 24.3 Å². The summed E-state index contributed by atoms with van der Waals surface area (Å²) in [5, 5.41) is 9.40. The Morgan fingerprint density at radius 2 is 2.23 bits per heavy atom. The molecule has 0 unspecified atom stereocenters. The largest absolute Gasteiger partial charge is 0.384 e. The number of imidazole rings is 1. The van der Waals surface area contributed by atoms with E-state index in [4.69, 9.17) is 11.6 Å². The summed E-state index contributed by atoms with van der Waals surface area (Å²) >= 11 is 5.50. The molecule has 0 saturated heterocycles. The Hall–Kier alpha value is -1.06. The zero-order valence-corrected chi connectivity index (χ0v) is 7.62. The van der Waals surface area contributed by atoms with Gasteiger partial charge in [-0.05, 0) is 12.1 Å². The van der Waals surface area contributed by atoms with Gasteiger partial charge >= 0.3 is 0 Å². The summed E-state index contributed by atoms with van der Waals surface area (Å²) in [6, 6.07) is 7.61. The van der Waals surface area contributed by atoms with Gasteiger partial charge in [-0.3, -0.25) is 0 Å². The summed E-state index contributed by atoms with van der Waals surface area (Å²) in [7, 11) is 0. The third kappa shape index (κ3) is 1.53. The first-order valence-electron chi connectivity index (χ1n) is 4.00. The van der Waals surface area contributed by atoms with Gasteiger partial charge in [-0.25, -0.2) is 4.98 Å². The van der Waals surface area contributed by atoms with E-state index in [1.165, 1.54) is 0 Å². The number of aromatic nitrogens is 2. The predicted octanol–water partition coefficient (Wildman–Crippen LogP) is 1.84. The number of nitrogens with zero attached hydrogens (tertiary/aromatic N) is 1. The van der Waals surface area contributed by atoms with E-state index < -0.39 is 6.10 Å². The van der Waals surface area contributed by atoms with Crippen molar-refractivity contribution in [3.05, 3.63) is 30.1 Å². The van der Waals surface area contributed by atoms with Gasteiger partial charge in [0.25, 0.3) is 0 Å². The molecule has 0 amide bonds. The van der Waals surface area contributed by atoms with Crippen LogP contribution in [0.15, 0.2) is 24.3 Å². The number of benzene rings is 1. The molecule has 1 heterocycles. The van der Waals surface area contributed by atoms with Crippen molar-refractivity contribution in [3.8, 4) is 0 Å². The predicted molar refractivity (Wildman–Crippen MR) is 51.8 cm³/mol. The smallest absolute Gasteiger partial charge is 0.137 e. The number of hydrogen-bond donors (Lipinski definition) is 2. The van der Waals surface area contributed by atoms with Crippen LogP contribution in [0.3, 0.4) is 0 Å². The summed E-state index contributed by atoms with van der Waals surface area (Å²) in [6.45, 7) is 0. The van der Waals surface area contributed by atoms with E-state index in [9.17, 15) is 5.11 Å². The molecule has 0 saturated carbocycles. The monoisotopic (exact) mass is 196 g/mol. The first-order valence-corrected chi connectivity index (χ1v) is 4.53. The van der Waals surface area contributed by atoms with Crippen molar-refractivity contribution in [2.75, 3.05) is 5.88 Å². The average Bonchev–Trinajstić information content (AvgIpc) is 2.59. The van der Waals surface area contributed by atoms with Crippen LogP contribution < -0.4 is 0 Å². The minimum atomic E-state index is -0.714. The number of aliphatic hydroxyl groups excluding tert-OH is 1. The Balaban J connectivity index is 2.49. The van der Waals surface area contributed by atoms with Crippen molar-refractivity contribution in [2.45, 2.75) is 6.10 Å². The van der Waals surface area contributed by atoms with Gasteiger partial charge in [0.15, 0.2) is 0 Å². The lowest BCUT2D eigenvalue weighted by Crippen LogP contribution is -2.00. The fourth-order valence-corrected chi connectivity index (χ4v) is 1.35. The van der Waals surface area contributed by atoms with E-state index in [1.54, 1.807) is 0 Å². The van der Waals surface area contributed by atoms with Crippen LogP contribution in [-0.2, 0) is 0 Å². The van der Waals surface area contributed by atoms with E-state index in [-0.39, 0.29) is 5.88 Å². The SMILES string of the molecule is O[C@@H](CCl)c1nc2ccccc2[nH]1. The number of hydrogen-bond acceptors (Lipinski definition) is 2. The molecule has 0 fully saturated rings. The van der Waals surface area contributed by atoms with Crippen LogP contribution >= 0.6 is 11.6 Å². The summed E-state index contributed by atoms with van der Waals surface area (Å²) in [5.41, 5.74) is 1.77. The number of rotatable bonds is 2. The minimum Gasteiger partial charge on any atom is -0.384 e. The van der Waals surface area contributed by atoms with Crippen LogP contribution in [0.1, 0.15) is 11.9 Å². The Labute approximate surface area is 80.4 Å². The summed E-state index contributed by atoms with van der Waals surface area (Å²) in [6.07, 6.45) is -0.714. The van der Waals surface area contributed by atoms with Crippen molar-refractivity contribution in [2.24, 2.45) is 0 Å². The van der Waals surface area contributed by atoms with Crippen molar-refractivity contribution >= 4 is 22.6 Å². The molecule has 2 rings (SSSR count). The number of nitrogens with one attached hydrogen (secondary N) is 1. The van der Waals surface area contributed by atoms with Gasteiger partial charge in [0.05, 0.1) is 16.9 Å². The van der Waals surface area contributed by atoms with Crippen molar-refractivity contribution in [3.63, 3.8) is 0 Å². The number of H-pyrrole nitrogens is 1. The molecule has 1 aromatic carbocycles. The van der Waals surface area contributed by atoms with E-state index in [2.05, 4.69) is 9.97 Å². The van der Waals surface area contributed by atoms with Gasteiger partial charge < -0.3 is 10.1 Å². The Morgan fingerprint density at radius 3 is 2.92 bits per heavy atom. The second kappa shape index (κ2) is 3.36. The first kappa shape index (κ1) is 8.53. The molecule has 2 aromatic rings. The Bertz CT molecular complexity index is 380. The molecule has 1 atom stereocenters. The topological polar surface area (TPSA) is 48.9 Å². The van der Waals surface area contributed by atoms with Gasteiger partial charge in [-0.15, -0.1) is 11.6 Å². The molecule has 4 heteroatoms. The lowest BCUT2D eigenvalue weighted by atomic mass is 10.3. The molecule has 2 N–H and O–H groups in total. The number of halogens is 1. The molecule has 0 spiro atoms. The minimum absolute atomic E-state index is 0.153. The van der Waals surface area contributed by atoms with Crippen LogP contribution in [0, 0.1) is 0 Å². The quantitative estimate of drug-likeness (QED) is 0.720. The molecule has 0 aliphatic carbocycles. The second-order valence-electron chi connectivity index (χ2n) is 2.81. The summed E-state index contributed by atoms with van der Waals surface area (Å²) in [5.74, 6) is 0.677. The molecule has 3 nitrogen and oxygen atoms in total. The highest BCUT2D eigenvalue weighted by molar-refractivity contribution is 6.18. The second-order valence-corrected chi connectivity index (χ2v) is 3.12. The maximum absolute atomic E-state index is 9.40. The summed E-state index contributed by atoms with van der Waals surface area (Å²) < 4.78 is 0. The number of aromatic amines is 1. The number of alkyl halides is 1. The normalized spacial score (nSPS) is 13.4. The third-order valence-corrected chi connectivity index (χ3v) is 2.16. The van der Waals surface area contributed by atoms with Crippen LogP contribution in [0.2, 0.25) is 0 Å². The van der Waals surface area contributed by atoms with E-state index >= 15 is 0 Å². The molecule has 0 bridgehead atoms. The maximum Gasteiger partial charge on any atom is 0.137 e. The van der Waals surface area contributed by atoms with Gasteiger partial charge in [-0.2, -0.15) is 0 Å². The van der Waals surface area contributed by atoms with Crippen LogP contribution in [0.25, 0.3) is 11.0 Å². The fourth-order valence-electron chi connectivity index (χ4n) is 1.20.